The predicted molar refractivity (Wildman–Crippen MR) is 74.7 cm³/mol. The molecule has 5 nitrogen and oxygen atoms in total. The maximum Gasteiger partial charge on any atom is 0.306 e. The zero-order valence-electron chi connectivity index (χ0n) is 11.1. The van der Waals surface area contributed by atoms with E-state index in [1.165, 1.54) is 0 Å². The molecule has 0 heterocycles. The van der Waals surface area contributed by atoms with Crippen LogP contribution in [0.4, 0.5) is 0 Å². The van der Waals surface area contributed by atoms with Crippen LogP contribution in [0, 0.1) is 0 Å². The van der Waals surface area contributed by atoms with E-state index in [0.29, 0.717) is 17.2 Å². The summed E-state index contributed by atoms with van der Waals surface area (Å²) in [5, 5.41) is 3.02. The Hall–Kier alpha value is -1.88. The minimum atomic E-state index is -0.412. The summed E-state index contributed by atoms with van der Waals surface area (Å²) in [5.74, 6) is -0.989. The largest absolute Gasteiger partial charge is 0.466 e. The molecule has 0 aromatic heterocycles. The Bertz CT molecular complexity index is 484. The Balaban J connectivity index is 2.32. The van der Waals surface area contributed by atoms with Crippen LogP contribution in [0.3, 0.4) is 0 Å². The average molecular weight is 298 g/mol. The maximum atomic E-state index is 11.7. The van der Waals surface area contributed by atoms with Crippen molar-refractivity contribution in [2.75, 3.05) is 13.2 Å². The molecule has 0 radical (unpaired) electrons. The van der Waals surface area contributed by atoms with Crippen molar-refractivity contribution in [1.82, 2.24) is 5.32 Å². The van der Waals surface area contributed by atoms with Crippen LogP contribution < -0.4 is 5.32 Å². The number of carbonyl (C=O) groups excluding carboxylic acids is 3. The number of rotatable bonds is 7. The summed E-state index contributed by atoms with van der Waals surface area (Å²) in [6.07, 6.45) is 0.0865. The normalized spacial score (nSPS) is 9.90. The number of hydrogen-bond acceptors (Lipinski definition) is 4. The van der Waals surface area contributed by atoms with Crippen molar-refractivity contribution in [2.24, 2.45) is 0 Å². The third-order valence-corrected chi connectivity index (χ3v) is 2.72. The molecule has 20 heavy (non-hydrogen) atoms. The summed E-state index contributed by atoms with van der Waals surface area (Å²) >= 11 is 5.71. The molecule has 0 atom stereocenters. The minimum absolute atomic E-state index is 0.0312. The zero-order chi connectivity index (χ0) is 15.0. The van der Waals surface area contributed by atoms with Gasteiger partial charge in [-0.15, -0.1) is 0 Å². The lowest BCUT2D eigenvalue weighted by Gasteiger charge is -2.05. The van der Waals surface area contributed by atoms with Crippen LogP contribution >= 0.6 is 11.6 Å². The molecule has 0 aliphatic carbocycles. The molecule has 1 aromatic rings. The van der Waals surface area contributed by atoms with Gasteiger partial charge in [-0.2, -0.15) is 0 Å². The monoisotopic (exact) mass is 297 g/mol. The van der Waals surface area contributed by atoms with E-state index in [9.17, 15) is 14.4 Å². The van der Waals surface area contributed by atoms with Crippen molar-refractivity contribution in [3.8, 4) is 0 Å². The van der Waals surface area contributed by atoms with E-state index in [1.54, 1.807) is 31.2 Å². The number of ether oxygens (including phenoxy) is 1. The molecule has 1 N–H and O–H groups in total. The van der Waals surface area contributed by atoms with Gasteiger partial charge in [0, 0.05) is 17.0 Å². The highest BCUT2D eigenvalue weighted by molar-refractivity contribution is 6.30. The molecule has 0 unspecified atom stereocenters. The van der Waals surface area contributed by atoms with Crippen molar-refractivity contribution in [1.29, 1.82) is 0 Å². The molecule has 1 rings (SSSR count). The molecule has 6 heteroatoms. The van der Waals surface area contributed by atoms with Gasteiger partial charge in [-0.05, 0) is 31.2 Å². The molecule has 0 aliphatic rings. The Morgan fingerprint density at radius 3 is 2.40 bits per heavy atom. The van der Waals surface area contributed by atoms with Gasteiger partial charge in [-0.25, -0.2) is 0 Å². The van der Waals surface area contributed by atoms with Gasteiger partial charge in [-0.1, -0.05) is 11.6 Å². The zero-order valence-corrected chi connectivity index (χ0v) is 11.9. The molecule has 1 amide bonds. The summed E-state index contributed by atoms with van der Waals surface area (Å²) < 4.78 is 4.71. The molecule has 0 aliphatic heterocycles. The highest BCUT2D eigenvalue weighted by atomic mass is 35.5. The van der Waals surface area contributed by atoms with Crippen LogP contribution in [0.2, 0.25) is 5.02 Å². The highest BCUT2D eigenvalue weighted by Gasteiger charge is 2.10. The Labute approximate surface area is 122 Å². The third-order valence-electron chi connectivity index (χ3n) is 2.47. The second-order valence-corrected chi connectivity index (χ2v) is 4.47. The smallest absolute Gasteiger partial charge is 0.306 e. The number of halogens is 1. The van der Waals surface area contributed by atoms with Gasteiger partial charge in [0.2, 0.25) is 0 Å². The van der Waals surface area contributed by atoms with Gasteiger partial charge in [-0.3, -0.25) is 14.4 Å². The highest BCUT2D eigenvalue weighted by Crippen LogP contribution is 2.09. The van der Waals surface area contributed by atoms with Crippen molar-refractivity contribution in [3.05, 3.63) is 34.9 Å². The summed E-state index contributed by atoms with van der Waals surface area (Å²) in [4.78, 5) is 34.3. The Morgan fingerprint density at radius 1 is 1.15 bits per heavy atom. The molecular formula is C14H16ClNO4. The number of benzene rings is 1. The van der Waals surface area contributed by atoms with E-state index < -0.39 is 5.97 Å². The van der Waals surface area contributed by atoms with Crippen molar-refractivity contribution < 1.29 is 19.1 Å². The number of nitrogens with one attached hydrogen (secondary N) is 1. The minimum Gasteiger partial charge on any atom is -0.466 e. The topological polar surface area (TPSA) is 72.5 Å². The molecule has 1 aromatic carbocycles. The summed E-state index contributed by atoms with van der Waals surface area (Å²) in [6, 6.07) is 6.33. The van der Waals surface area contributed by atoms with E-state index in [2.05, 4.69) is 5.32 Å². The van der Waals surface area contributed by atoms with Crippen LogP contribution in [0.1, 0.15) is 30.1 Å². The molecule has 0 saturated heterocycles. The number of amides is 1. The van der Waals surface area contributed by atoms with Gasteiger partial charge in [0.05, 0.1) is 19.6 Å². The Kier molecular flexibility index (Phi) is 6.73. The van der Waals surface area contributed by atoms with E-state index in [4.69, 9.17) is 16.3 Å². The number of ketones is 1. The van der Waals surface area contributed by atoms with Crippen molar-refractivity contribution in [2.45, 2.75) is 19.8 Å². The number of esters is 1. The van der Waals surface area contributed by atoms with Crippen LogP contribution in [0.5, 0.6) is 0 Å². The molecule has 108 valence electrons. The second kappa shape index (κ2) is 8.32. The third kappa shape index (κ3) is 5.84. The summed E-state index contributed by atoms with van der Waals surface area (Å²) in [6.45, 7) is 1.88. The summed E-state index contributed by atoms with van der Waals surface area (Å²) in [5.41, 5.74) is 0.424. The molecule has 0 spiro atoms. The lowest BCUT2D eigenvalue weighted by molar-refractivity contribution is -0.144. The standard InChI is InChI=1S/C14H16ClNO4/c1-2-20-13(18)8-7-12(17)9-16-14(19)10-3-5-11(15)6-4-10/h3-6H,2,7-9H2,1H3,(H,16,19). The second-order valence-electron chi connectivity index (χ2n) is 4.03. The fraction of sp³-hybridized carbons (Fsp3) is 0.357. The van der Waals surface area contributed by atoms with Gasteiger partial charge in [0.25, 0.3) is 5.91 Å². The van der Waals surface area contributed by atoms with E-state index in [-0.39, 0.29) is 31.1 Å². The first-order valence-electron chi connectivity index (χ1n) is 6.24. The number of carbonyl (C=O) groups is 3. The van der Waals surface area contributed by atoms with Gasteiger partial charge < -0.3 is 10.1 Å². The van der Waals surface area contributed by atoms with Crippen LogP contribution in [0.25, 0.3) is 0 Å². The SMILES string of the molecule is CCOC(=O)CCC(=O)CNC(=O)c1ccc(Cl)cc1. The number of Topliss-reactive ketones (excluding diaryl/α,β-unsaturated/α-hetero) is 1. The fourth-order valence-corrected chi connectivity index (χ4v) is 1.57. The van der Waals surface area contributed by atoms with E-state index >= 15 is 0 Å². The predicted octanol–water partition coefficient (Wildman–Crippen LogP) is 1.98. The van der Waals surface area contributed by atoms with Crippen LogP contribution in [-0.2, 0) is 14.3 Å². The Morgan fingerprint density at radius 2 is 1.80 bits per heavy atom. The lowest BCUT2D eigenvalue weighted by atomic mass is 10.2. The molecule has 0 bridgehead atoms. The molecule has 0 saturated carbocycles. The van der Waals surface area contributed by atoms with Crippen LogP contribution in [-0.4, -0.2) is 30.8 Å². The van der Waals surface area contributed by atoms with Gasteiger partial charge >= 0.3 is 5.97 Å². The van der Waals surface area contributed by atoms with E-state index in [0.717, 1.165) is 0 Å². The quantitative estimate of drug-likeness (QED) is 0.781. The van der Waals surface area contributed by atoms with Crippen LogP contribution in [0.15, 0.2) is 24.3 Å². The van der Waals surface area contributed by atoms with Crippen molar-refractivity contribution >= 4 is 29.3 Å². The first-order valence-corrected chi connectivity index (χ1v) is 6.61. The average Bonchev–Trinajstić information content (AvgIpc) is 2.43. The molecule has 0 fully saturated rings. The van der Waals surface area contributed by atoms with Gasteiger partial charge in [0.15, 0.2) is 5.78 Å². The number of hydrogen-bond donors (Lipinski definition) is 1. The summed E-state index contributed by atoms with van der Waals surface area (Å²) in [7, 11) is 0. The fourth-order valence-electron chi connectivity index (χ4n) is 1.45. The lowest BCUT2D eigenvalue weighted by Crippen LogP contribution is -2.29. The van der Waals surface area contributed by atoms with Crippen molar-refractivity contribution in [3.63, 3.8) is 0 Å². The molecular weight excluding hydrogens is 282 g/mol. The first-order chi connectivity index (χ1) is 9.52. The van der Waals surface area contributed by atoms with Gasteiger partial charge in [0.1, 0.15) is 0 Å². The van der Waals surface area contributed by atoms with E-state index in [1.807, 2.05) is 0 Å². The first kappa shape index (κ1) is 16.2. The maximum absolute atomic E-state index is 11.7.